The summed E-state index contributed by atoms with van der Waals surface area (Å²) >= 11 is 1.53. The average Bonchev–Trinajstić information content (AvgIpc) is 2.57. The van der Waals surface area contributed by atoms with Crippen molar-refractivity contribution in [1.82, 2.24) is 9.38 Å². The van der Waals surface area contributed by atoms with E-state index in [0.717, 1.165) is 4.96 Å². The summed E-state index contributed by atoms with van der Waals surface area (Å²) in [5.74, 6) is -0.526. The van der Waals surface area contributed by atoms with Crippen LogP contribution in [0.4, 0.5) is 0 Å². The standard InChI is InChI=1S/C9H10N2O2S/c1-5(2)7-4-11-3-6(8(12)13)10-9(11)14-7/h3-5H,1-2H3,(H,12,13). The molecule has 0 bridgehead atoms. The van der Waals surface area contributed by atoms with E-state index in [1.54, 1.807) is 10.6 Å². The maximum atomic E-state index is 10.6. The molecule has 0 unspecified atom stereocenters. The van der Waals surface area contributed by atoms with E-state index in [-0.39, 0.29) is 5.69 Å². The average molecular weight is 210 g/mol. The van der Waals surface area contributed by atoms with Crippen molar-refractivity contribution in [3.63, 3.8) is 0 Å². The van der Waals surface area contributed by atoms with Gasteiger partial charge in [0.05, 0.1) is 0 Å². The second-order valence-electron chi connectivity index (χ2n) is 3.41. The number of aromatic carboxylic acids is 1. The fourth-order valence-electron chi connectivity index (χ4n) is 1.18. The third-order valence-corrected chi connectivity index (χ3v) is 3.26. The molecule has 2 aromatic heterocycles. The van der Waals surface area contributed by atoms with Gasteiger partial charge in [-0.05, 0) is 5.92 Å². The Balaban J connectivity index is 2.50. The normalized spacial score (nSPS) is 11.4. The Morgan fingerprint density at radius 2 is 2.29 bits per heavy atom. The van der Waals surface area contributed by atoms with E-state index in [4.69, 9.17) is 5.11 Å². The number of carboxylic acid groups (broad SMARTS) is 1. The lowest BCUT2D eigenvalue weighted by molar-refractivity contribution is 0.0691. The van der Waals surface area contributed by atoms with Gasteiger partial charge in [0.2, 0.25) is 0 Å². The van der Waals surface area contributed by atoms with Crippen molar-refractivity contribution in [1.29, 1.82) is 0 Å². The van der Waals surface area contributed by atoms with Crippen molar-refractivity contribution in [3.05, 3.63) is 23.0 Å². The molecule has 0 spiro atoms. The zero-order chi connectivity index (χ0) is 10.3. The number of carboxylic acids is 1. The monoisotopic (exact) mass is 210 g/mol. The van der Waals surface area contributed by atoms with Crippen LogP contribution in [0.5, 0.6) is 0 Å². The lowest BCUT2D eigenvalue weighted by Crippen LogP contribution is -1.95. The van der Waals surface area contributed by atoms with Crippen LogP contribution in [0.2, 0.25) is 0 Å². The van der Waals surface area contributed by atoms with Crippen molar-refractivity contribution in [2.45, 2.75) is 19.8 Å². The molecule has 1 N–H and O–H groups in total. The fraction of sp³-hybridized carbons (Fsp3) is 0.333. The summed E-state index contributed by atoms with van der Waals surface area (Å²) in [4.78, 5) is 16.6. The summed E-state index contributed by atoms with van der Waals surface area (Å²) in [6, 6.07) is 0. The smallest absolute Gasteiger partial charge is 0.356 e. The van der Waals surface area contributed by atoms with Gasteiger partial charge < -0.3 is 5.11 Å². The highest BCUT2D eigenvalue weighted by Gasteiger charge is 2.12. The third kappa shape index (κ3) is 1.39. The molecule has 0 aromatic carbocycles. The summed E-state index contributed by atoms with van der Waals surface area (Å²) in [7, 11) is 0. The first-order chi connectivity index (χ1) is 6.58. The minimum absolute atomic E-state index is 0.103. The molecule has 0 amide bonds. The quantitative estimate of drug-likeness (QED) is 0.826. The second-order valence-corrected chi connectivity index (χ2v) is 4.45. The van der Waals surface area contributed by atoms with Crippen LogP contribution in [0.1, 0.15) is 35.1 Å². The van der Waals surface area contributed by atoms with E-state index in [0.29, 0.717) is 5.92 Å². The number of thiazole rings is 1. The summed E-state index contributed by atoms with van der Waals surface area (Å²) in [5, 5.41) is 8.71. The highest BCUT2D eigenvalue weighted by molar-refractivity contribution is 7.17. The predicted molar refractivity (Wildman–Crippen MR) is 54.1 cm³/mol. The van der Waals surface area contributed by atoms with E-state index in [9.17, 15) is 4.79 Å². The molecule has 0 aliphatic heterocycles. The lowest BCUT2D eigenvalue weighted by Gasteiger charge is -1.95. The molecule has 0 saturated carbocycles. The Bertz CT molecular complexity index is 452. The third-order valence-electron chi connectivity index (χ3n) is 1.96. The summed E-state index contributed by atoms with van der Waals surface area (Å²) in [5.41, 5.74) is 0.103. The molecule has 4 nitrogen and oxygen atoms in total. The van der Waals surface area contributed by atoms with Gasteiger partial charge >= 0.3 is 5.97 Å². The molecule has 2 heterocycles. The SMILES string of the molecule is CC(C)c1cn2cc(C(=O)O)nc2s1. The Hall–Kier alpha value is -1.36. The number of imidazole rings is 1. The Morgan fingerprint density at radius 1 is 1.57 bits per heavy atom. The summed E-state index contributed by atoms with van der Waals surface area (Å²) in [6.07, 6.45) is 3.48. The molecule has 74 valence electrons. The number of fused-ring (bicyclic) bond motifs is 1. The molecule has 14 heavy (non-hydrogen) atoms. The molecular weight excluding hydrogens is 200 g/mol. The van der Waals surface area contributed by atoms with E-state index < -0.39 is 5.97 Å². The van der Waals surface area contributed by atoms with Crippen molar-refractivity contribution in [2.24, 2.45) is 0 Å². The van der Waals surface area contributed by atoms with E-state index in [1.807, 2.05) is 6.20 Å². The van der Waals surface area contributed by atoms with Crippen LogP contribution in [0.25, 0.3) is 4.96 Å². The maximum Gasteiger partial charge on any atom is 0.356 e. The van der Waals surface area contributed by atoms with Gasteiger partial charge in [-0.3, -0.25) is 4.40 Å². The largest absolute Gasteiger partial charge is 0.476 e. The minimum atomic E-state index is -0.980. The van der Waals surface area contributed by atoms with Gasteiger partial charge in [0.1, 0.15) is 0 Å². The lowest BCUT2D eigenvalue weighted by atomic mass is 10.2. The summed E-state index contributed by atoms with van der Waals surface area (Å²) < 4.78 is 1.77. The Labute approximate surface area is 84.8 Å². The number of carbonyl (C=O) groups is 1. The van der Waals surface area contributed by atoms with E-state index in [2.05, 4.69) is 18.8 Å². The zero-order valence-electron chi connectivity index (χ0n) is 7.89. The van der Waals surface area contributed by atoms with Crippen LogP contribution in [-0.2, 0) is 0 Å². The van der Waals surface area contributed by atoms with Gasteiger partial charge in [0, 0.05) is 17.3 Å². The molecule has 0 aliphatic carbocycles. The molecular formula is C9H10N2O2S. The van der Waals surface area contributed by atoms with Gasteiger partial charge in [-0.25, -0.2) is 9.78 Å². The minimum Gasteiger partial charge on any atom is -0.476 e. The highest BCUT2D eigenvalue weighted by atomic mass is 32.1. The van der Waals surface area contributed by atoms with Crippen molar-refractivity contribution in [2.75, 3.05) is 0 Å². The molecule has 0 aliphatic rings. The van der Waals surface area contributed by atoms with E-state index >= 15 is 0 Å². The molecule has 2 rings (SSSR count). The van der Waals surface area contributed by atoms with Crippen LogP contribution in [0.15, 0.2) is 12.4 Å². The predicted octanol–water partition coefficient (Wildman–Crippen LogP) is 2.22. The number of hydrogen-bond acceptors (Lipinski definition) is 3. The van der Waals surface area contributed by atoms with Gasteiger partial charge in [0.25, 0.3) is 0 Å². The van der Waals surface area contributed by atoms with Crippen molar-refractivity contribution < 1.29 is 9.90 Å². The first-order valence-corrected chi connectivity index (χ1v) is 5.11. The van der Waals surface area contributed by atoms with Gasteiger partial charge in [-0.2, -0.15) is 0 Å². The Kier molecular flexibility index (Phi) is 2.03. The molecule has 0 saturated heterocycles. The van der Waals surface area contributed by atoms with Crippen LogP contribution >= 0.6 is 11.3 Å². The van der Waals surface area contributed by atoms with E-state index in [1.165, 1.54) is 16.2 Å². The molecule has 0 radical (unpaired) electrons. The molecule has 0 atom stereocenters. The van der Waals surface area contributed by atoms with Crippen LogP contribution in [0, 0.1) is 0 Å². The van der Waals surface area contributed by atoms with Gasteiger partial charge in [0.15, 0.2) is 10.7 Å². The summed E-state index contributed by atoms with van der Waals surface area (Å²) in [6.45, 7) is 4.20. The molecule has 2 aromatic rings. The van der Waals surface area contributed by atoms with Gasteiger partial charge in [-0.15, -0.1) is 11.3 Å². The maximum absolute atomic E-state index is 10.6. The van der Waals surface area contributed by atoms with Crippen molar-refractivity contribution in [3.8, 4) is 0 Å². The zero-order valence-corrected chi connectivity index (χ0v) is 8.71. The van der Waals surface area contributed by atoms with Crippen LogP contribution < -0.4 is 0 Å². The van der Waals surface area contributed by atoms with Crippen LogP contribution in [0.3, 0.4) is 0 Å². The Morgan fingerprint density at radius 3 is 2.79 bits per heavy atom. The van der Waals surface area contributed by atoms with Crippen molar-refractivity contribution >= 4 is 22.3 Å². The van der Waals surface area contributed by atoms with Crippen LogP contribution in [-0.4, -0.2) is 20.5 Å². The first kappa shape index (κ1) is 9.21. The van der Waals surface area contributed by atoms with Gasteiger partial charge in [-0.1, -0.05) is 13.8 Å². The topological polar surface area (TPSA) is 54.6 Å². The number of aromatic nitrogens is 2. The number of nitrogens with zero attached hydrogens (tertiary/aromatic N) is 2. The second kappa shape index (κ2) is 3.09. The highest BCUT2D eigenvalue weighted by Crippen LogP contribution is 2.24. The number of rotatable bonds is 2. The molecule has 0 fully saturated rings. The molecule has 5 heteroatoms. The number of hydrogen-bond donors (Lipinski definition) is 1. The first-order valence-electron chi connectivity index (χ1n) is 4.29. The fourth-order valence-corrected chi connectivity index (χ4v) is 2.15.